The van der Waals surface area contributed by atoms with Crippen LogP contribution >= 0.6 is 23.5 Å². The van der Waals surface area contributed by atoms with E-state index in [2.05, 4.69) is 22.8 Å². The van der Waals surface area contributed by atoms with Gasteiger partial charge in [0.25, 0.3) is 0 Å². The maximum absolute atomic E-state index is 13.2. The molecule has 0 aliphatic carbocycles. The molecule has 0 amide bonds. The van der Waals surface area contributed by atoms with Crippen molar-refractivity contribution in [2.75, 3.05) is 0 Å². The van der Waals surface area contributed by atoms with E-state index in [0.29, 0.717) is 0 Å². The summed E-state index contributed by atoms with van der Waals surface area (Å²) in [5.41, 5.74) is 6.21. The van der Waals surface area contributed by atoms with Crippen LogP contribution in [0.1, 0.15) is 34.2 Å². The summed E-state index contributed by atoms with van der Waals surface area (Å²) in [7, 11) is 0. The van der Waals surface area contributed by atoms with Crippen molar-refractivity contribution < 1.29 is 4.79 Å². The first-order valence-corrected chi connectivity index (χ1v) is 11.2. The van der Waals surface area contributed by atoms with E-state index < -0.39 is 0 Å². The summed E-state index contributed by atoms with van der Waals surface area (Å²) in [6, 6.07) is 20.4. The molecular formula is C23H22N2OS2. The summed E-state index contributed by atoms with van der Waals surface area (Å²) in [6.45, 7) is 6.05. The molecule has 1 aliphatic rings. The molecule has 0 saturated heterocycles. The minimum absolute atomic E-state index is 0.155. The number of hydrogen-bond acceptors (Lipinski definition) is 4. The number of aliphatic imine (C=N–C) groups is 1. The predicted molar refractivity (Wildman–Crippen MR) is 121 cm³/mol. The van der Waals surface area contributed by atoms with Crippen LogP contribution in [0.3, 0.4) is 0 Å². The number of aromatic nitrogens is 1. The third-order valence-corrected chi connectivity index (χ3v) is 7.21. The first-order valence-electron chi connectivity index (χ1n) is 9.29. The van der Waals surface area contributed by atoms with Gasteiger partial charge in [-0.3, -0.25) is 4.79 Å². The lowest BCUT2D eigenvalue weighted by atomic mass is 10.1. The molecule has 1 aromatic heterocycles. The maximum atomic E-state index is 13.2. The van der Waals surface area contributed by atoms with Gasteiger partial charge < -0.3 is 4.57 Å². The molecule has 5 heteroatoms. The number of nitrogens with zero attached hydrogens (tertiary/aromatic N) is 2. The summed E-state index contributed by atoms with van der Waals surface area (Å²) in [4.78, 5) is 17.9. The Morgan fingerprint density at radius 1 is 1.11 bits per heavy atom. The van der Waals surface area contributed by atoms with Crippen LogP contribution in [0.5, 0.6) is 0 Å². The number of Topliss-reactive ketones (excluding diaryl/α,β-unsaturated/α-hetero) is 1. The zero-order valence-corrected chi connectivity index (χ0v) is 17.8. The van der Waals surface area contributed by atoms with E-state index in [0.717, 1.165) is 38.5 Å². The highest BCUT2D eigenvalue weighted by Gasteiger charge is 2.24. The second-order valence-corrected chi connectivity index (χ2v) is 9.43. The highest BCUT2D eigenvalue weighted by Crippen LogP contribution is 2.36. The lowest BCUT2D eigenvalue weighted by molar-refractivity contribution is 0.0993. The number of para-hydroxylation sites is 2. The molecule has 0 unspecified atom stereocenters. The Kier molecular flexibility index (Phi) is 5.47. The second kappa shape index (κ2) is 8.02. The Labute approximate surface area is 174 Å². The van der Waals surface area contributed by atoms with Gasteiger partial charge in [0.1, 0.15) is 4.38 Å². The van der Waals surface area contributed by atoms with Gasteiger partial charge in [0.15, 0.2) is 5.78 Å². The van der Waals surface area contributed by atoms with Crippen molar-refractivity contribution >= 4 is 39.4 Å². The number of thioether (sulfide) groups is 2. The molecule has 28 heavy (non-hydrogen) atoms. The van der Waals surface area contributed by atoms with Crippen molar-refractivity contribution in [3.63, 3.8) is 0 Å². The number of carbonyl (C=O) groups is 1. The highest BCUT2D eigenvalue weighted by atomic mass is 32.2. The number of rotatable bonds is 4. The van der Waals surface area contributed by atoms with Gasteiger partial charge in [-0.25, -0.2) is 4.99 Å². The lowest BCUT2D eigenvalue weighted by Crippen LogP contribution is -2.16. The van der Waals surface area contributed by atoms with E-state index >= 15 is 0 Å². The van der Waals surface area contributed by atoms with Crippen molar-refractivity contribution in [1.82, 2.24) is 4.57 Å². The standard InChI is InChI=1S/C23H22N2OS2/c1-15-13-20(16(2)25(15)19-10-5-4-6-11-19)22(26)17(3)28-23-24-21-12-8-7-9-18(21)14-27-23/h4-13,17H,14H2,1-3H3/t17-/m1/s1. The molecule has 0 radical (unpaired) electrons. The quantitative estimate of drug-likeness (QED) is 0.475. The topological polar surface area (TPSA) is 34.4 Å². The molecule has 142 valence electrons. The van der Waals surface area contributed by atoms with Gasteiger partial charge in [0.05, 0.1) is 10.9 Å². The van der Waals surface area contributed by atoms with E-state index in [1.165, 1.54) is 5.56 Å². The fourth-order valence-corrected chi connectivity index (χ4v) is 5.74. The van der Waals surface area contributed by atoms with Crippen molar-refractivity contribution in [2.24, 2.45) is 4.99 Å². The molecule has 3 nitrogen and oxygen atoms in total. The molecule has 0 spiro atoms. The van der Waals surface area contributed by atoms with Gasteiger partial charge in [-0.05, 0) is 50.6 Å². The third kappa shape index (κ3) is 3.69. The number of benzene rings is 2. The van der Waals surface area contributed by atoms with Crippen LogP contribution in [0.25, 0.3) is 5.69 Å². The molecule has 0 saturated carbocycles. The average molecular weight is 407 g/mol. The van der Waals surface area contributed by atoms with E-state index in [-0.39, 0.29) is 11.0 Å². The van der Waals surface area contributed by atoms with Gasteiger partial charge in [-0.1, -0.05) is 59.9 Å². The Hall–Kier alpha value is -2.24. The Morgan fingerprint density at radius 3 is 2.61 bits per heavy atom. The van der Waals surface area contributed by atoms with E-state index in [1.807, 2.05) is 63.2 Å². The minimum atomic E-state index is -0.179. The SMILES string of the molecule is Cc1cc(C(=O)[C@@H](C)SC2=Nc3ccccc3CS2)c(C)n1-c1ccccc1. The Balaban J connectivity index is 1.56. The number of ketones is 1. The van der Waals surface area contributed by atoms with E-state index in [9.17, 15) is 4.79 Å². The van der Waals surface area contributed by atoms with Crippen LogP contribution in [0.2, 0.25) is 0 Å². The highest BCUT2D eigenvalue weighted by molar-refractivity contribution is 8.39. The molecule has 1 aliphatic heterocycles. The van der Waals surface area contributed by atoms with Crippen molar-refractivity contribution in [2.45, 2.75) is 31.8 Å². The van der Waals surface area contributed by atoms with Crippen LogP contribution in [-0.4, -0.2) is 20.0 Å². The number of fused-ring (bicyclic) bond motifs is 1. The number of carbonyl (C=O) groups excluding carboxylic acids is 1. The molecule has 2 aromatic carbocycles. The zero-order valence-electron chi connectivity index (χ0n) is 16.2. The van der Waals surface area contributed by atoms with Crippen LogP contribution in [-0.2, 0) is 5.75 Å². The number of aryl methyl sites for hydroxylation is 1. The molecule has 4 rings (SSSR count). The van der Waals surface area contributed by atoms with Crippen molar-refractivity contribution in [3.8, 4) is 5.69 Å². The van der Waals surface area contributed by atoms with Gasteiger partial charge in [-0.2, -0.15) is 0 Å². The lowest BCUT2D eigenvalue weighted by Gasteiger charge is -2.17. The summed E-state index contributed by atoms with van der Waals surface area (Å²) in [5, 5.41) is -0.179. The molecule has 0 N–H and O–H groups in total. The van der Waals surface area contributed by atoms with E-state index in [4.69, 9.17) is 4.99 Å². The van der Waals surface area contributed by atoms with Crippen molar-refractivity contribution in [3.05, 3.63) is 83.2 Å². The largest absolute Gasteiger partial charge is 0.318 e. The molecule has 1 atom stereocenters. The van der Waals surface area contributed by atoms with Crippen LogP contribution in [0.15, 0.2) is 65.7 Å². The number of hydrogen-bond donors (Lipinski definition) is 0. The summed E-state index contributed by atoms with van der Waals surface area (Å²) in [6.07, 6.45) is 0. The van der Waals surface area contributed by atoms with E-state index in [1.54, 1.807) is 23.5 Å². The van der Waals surface area contributed by atoms with Gasteiger partial charge in [0, 0.05) is 28.4 Å². The van der Waals surface area contributed by atoms with Gasteiger partial charge >= 0.3 is 0 Å². The Bertz CT molecular complexity index is 1050. The van der Waals surface area contributed by atoms with Crippen LogP contribution < -0.4 is 0 Å². The monoisotopic (exact) mass is 406 g/mol. The third-order valence-electron chi connectivity index (χ3n) is 4.91. The molecular weight excluding hydrogens is 384 g/mol. The normalized spacial score (nSPS) is 14.3. The first kappa shape index (κ1) is 19.1. The first-order chi connectivity index (χ1) is 13.5. The van der Waals surface area contributed by atoms with Gasteiger partial charge in [-0.15, -0.1) is 0 Å². The summed E-state index contributed by atoms with van der Waals surface area (Å²) >= 11 is 3.27. The summed E-state index contributed by atoms with van der Waals surface area (Å²) < 4.78 is 3.12. The molecule has 0 bridgehead atoms. The molecule has 2 heterocycles. The minimum Gasteiger partial charge on any atom is -0.318 e. The molecule has 0 fully saturated rings. The predicted octanol–water partition coefficient (Wildman–Crippen LogP) is 6.33. The Morgan fingerprint density at radius 2 is 1.82 bits per heavy atom. The molecule has 3 aromatic rings. The smallest absolute Gasteiger partial charge is 0.177 e. The fourth-order valence-electron chi connectivity index (χ4n) is 3.48. The van der Waals surface area contributed by atoms with Crippen LogP contribution in [0.4, 0.5) is 5.69 Å². The second-order valence-electron chi connectivity index (χ2n) is 6.88. The van der Waals surface area contributed by atoms with Crippen molar-refractivity contribution in [1.29, 1.82) is 0 Å². The summed E-state index contributed by atoms with van der Waals surface area (Å²) in [5.74, 6) is 1.06. The maximum Gasteiger partial charge on any atom is 0.177 e. The van der Waals surface area contributed by atoms with Crippen LogP contribution in [0, 0.1) is 13.8 Å². The fraction of sp³-hybridized carbons (Fsp3) is 0.217. The zero-order chi connectivity index (χ0) is 19.7. The van der Waals surface area contributed by atoms with Gasteiger partial charge in [0.2, 0.25) is 0 Å². The average Bonchev–Trinajstić information content (AvgIpc) is 3.02.